The summed E-state index contributed by atoms with van der Waals surface area (Å²) in [6.45, 7) is 5.78. The van der Waals surface area contributed by atoms with E-state index in [4.69, 9.17) is 21.1 Å². The van der Waals surface area contributed by atoms with E-state index in [0.717, 1.165) is 5.56 Å². The van der Waals surface area contributed by atoms with Crippen LogP contribution in [0.15, 0.2) is 54.6 Å². The van der Waals surface area contributed by atoms with Crippen molar-refractivity contribution in [2.75, 3.05) is 19.0 Å². The van der Waals surface area contributed by atoms with Gasteiger partial charge in [-0.15, -0.1) is 0 Å². The molecule has 0 fully saturated rings. The van der Waals surface area contributed by atoms with Gasteiger partial charge in [0.05, 0.1) is 12.1 Å². The third kappa shape index (κ3) is 5.37. The average Bonchev–Trinajstić information content (AvgIpc) is 2.64. The van der Waals surface area contributed by atoms with E-state index in [1.165, 1.54) is 13.2 Å². The standard InChI is InChI=1S/C21H19ClN2O3/c1-4-8-27-20-18(22)11-15(12-19(20)26-3)10-16(13-23)21(25)24-17-7-5-6-14(2)9-17/h4-7,9-12H,1,8H2,2-3H3,(H,24,25)/b16-10-. The Bertz CT molecular complexity index is 930. The first kappa shape index (κ1) is 20.1. The fraction of sp³-hybridized carbons (Fsp3) is 0.143. The Balaban J connectivity index is 2.31. The van der Waals surface area contributed by atoms with Gasteiger partial charge in [0.15, 0.2) is 11.5 Å². The number of halogens is 1. The minimum atomic E-state index is -0.509. The number of nitrogens with one attached hydrogen (secondary N) is 1. The lowest BCUT2D eigenvalue weighted by atomic mass is 10.1. The average molecular weight is 383 g/mol. The van der Waals surface area contributed by atoms with Crippen molar-refractivity contribution >= 4 is 29.3 Å². The van der Waals surface area contributed by atoms with Crippen LogP contribution < -0.4 is 14.8 Å². The third-order valence-corrected chi connectivity index (χ3v) is 3.83. The molecule has 0 heterocycles. The Kier molecular flexibility index (Phi) is 7.04. The number of hydrogen-bond acceptors (Lipinski definition) is 4. The number of carbonyl (C=O) groups is 1. The number of rotatable bonds is 7. The summed E-state index contributed by atoms with van der Waals surface area (Å²) in [5, 5.41) is 12.4. The van der Waals surface area contributed by atoms with Crippen LogP contribution in [0.2, 0.25) is 5.02 Å². The Morgan fingerprint density at radius 1 is 1.37 bits per heavy atom. The molecule has 1 N–H and O–H groups in total. The first-order valence-corrected chi connectivity index (χ1v) is 8.47. The van der Waals surface area contributed by atoms with E-state index in [1.54, 1.807) is 24.3 Å². The molecule has 0 unspecified atom stereocenters. The smallest absolute Gasteiger partial charge is 0.266 e. The highest BCUT2D eigenvalue weighted by Gasteiger charge is 2.14. The number of methoxy groups -OCH3 is 1. The van der Waals surface area contributed by atoms with E-state index in [-0.39, 0.29) is 12.2 Å². The summed E-state index contributed by atoms with van der Waals surface area (Å²) >= 11 is 6.25. The molecule has 138 valence electrons. The van der Waals surface area contributed by atoms with Gasteiger partial charge in [0.25, 0.3) is 5.91 Å². The number of benzene rings is 2. The molecule has 6 heteroatoms. The highest BCUT2D eigenvalue weighted by Crippen LogP contribution is 2.37. The first-order valence-electron chi connectivity index (χ1n) is 8.09. The monoisotopic (exact) mass is 382 g/mol. The summed E-state index contributed by atoms with van der Waals surface area (Å²) in [7, 11) is 1.48. The van der Waals surface area contributed by atoms with Gasteiger partial charge in [-0.1, -0.05) is 36.4 Å². The van der Waals surface area contributed by atoms with Gasteiger partial charge < -0.3 is 14.8 Å². The normalized spacial score (nSPS) is 10.7. The van der Waals surface area contributed by atoms with E-state index in [9.17, 15) is 10.1 Å². The molecule has 0 bridgehead atoms. The topological polar surface area (TPSA) is 71.3 Å². The van der Waals surface area contributed by atoms with Crippen LogP contribution in [0, 0.1) is 18.3 Å². The molecule has 0 saturated carbocycles. The van der Waals surface area contributed by atoms with Crippen molar-refractivity contribution in [3.63, 3.8) is 0 Å². The van der Waals surface area contributed by atoms with Gasteiger partial charge in [-0.25, -0.2) is 0 Å². The van der Waals surface area contributed by atoms with Gasteiger partial charge in [-0.3, -0.25) is 4.79 Å². The lowest BCUT2D eigenvalue weighted by molar-refractivity contribution is -0.112. The zero-order chi connectivity index (χ0) is 19.8. The number of nitriles is 1. The van der Waals surface area contributed by atoms with Crippen LogP contribution in [0.4, 0.5) is 5.69 Å². The zero-order valence-electron chi connectivity index (χ0n) is 15.1. The number of anilines is 1. The minimum absolute atomic E-state index is 0.0608. The molecule has 2 aromatic rings. The van der Waals surface area contributed by atoms with Crippen LogP contribution in [-0.4, -0.2) is 19.6 Å². The molecule has 0 aliphatic carbocycles. The SMILES string of the molecule is C=CCOc1c(Cl)cc(/C=C(/C#N)C(=O)Nc2cccc(C)c2)cc1OC. The van der Waals surface area contributed by atoms with E-state index in [2.05, 4.69) is 11.9 Å². The van der Waals surface area contributed by atoms with Gasteiger partial charge in [0.2, 0.25) is 0 Å². The van der Waals surface area contributed by atoms with Gasteiger partial charge >= 0.3 is 0 Å². The summed E-state index contributed by atoms with van der Waals surface area (Å²) in [5.41, 5.74) is 2.10. The predicted molar refractivity (Wildman–Crippen MR) is 107 cm³/mol. The summed E-state index contributed by atoms with van der Waals surface area (Å²) in [4.78, 5) is 12.4. The molecule has 0 radical (unpaired) electrons. The van der Waals surface area contributed by atoms with E-state index < -0.39 is 5.91 Å². The van der Waals surface area contributed by atoms with Crippen molar-refractivity contribution in [2.24, 2.45) is 0 Å². The molecule has 0 spiro atoms. The van der Waals surface area contributed by atoms with E-state index in [0.29, 0.717) is 27.8 Å². The molecule has 0 aliphatic heterocycles. The van der Waals surface area contributed by atoms with Crippen LogP contribution in [0.5, 0.6) is 11.5 Å². The number of aryl methyl sites for hydroxylation is 1. The summed E-state index contributed by atoms with van der Waals surface area (Å²) in [5.74, 6) is 0.260. The van der Waals surface area contributed by atoms with Crippen molar-refractivity contribution in [1.29, 1.82) is 5.26 Å². The molecular weight excluding hydrogens is 364 g/mol. The molecule has 0 aliphatic rings. The molecule has 27 heavy (non-hydrogen) atoms. The summed E-state index contributed by atoms with van der Waals surface area (Å²) in [6, 6.07) is 12.5. The zero-order valence-corrected chi connectivity index (χ0v) is 15.8. The summed E-state index contributed by atoms with van der Waals surface area (Å²) < 4.78 is 10.8. The highest BCUT2D eigenvalue weighted by molar-refractivity contribution is 6.32. The molecular formula is C21H19ClN2O3. The van der Waals surface area contributed by atoms with Crippen LogP contribution in [0.25, 0.3) is 6.08 Å². The number of ether oxygens (including phenoxy) is 2. The number of carbonyl (C=O) groups excluding carboxylic acids is 1. The Hall–Kier alpha value is -3.23. The number of amides is 1. The molecule has 0 atom stereocenters. The number of hydrogen-bond donors (Lipinski definition) is 1. The largest absolute Gasteiger partial charge is 0.493 e. The number of nitrogens with zero attached hydrogens (tertiary/aromatic N) is 1. The van der Waals surface area contributed by atoms with Gasteiger partial charge in [-0.05, 0) is 48.4 Å². The van der Waals surface area contributed by atoms with Gasteiger partial charge in [0, 0.05) is 5.69 Å². The van der Waals surface area contributed by atoms with E-state index in [1.807, 2.05) is 31.2 Å². The third-order valence-electron chi connectivity index (χ3n) is 3.55. The molecule has 1 amide bonds. The quantitative estimate of drug-likeness (QED) is 0.425. The molecule has 2 aromatic carbocycles. The second-order valence-corrected chi connectivity index (χ2v) is 6.03. The van der Waals surface area contributed by atoms with Crippen LogP contribution in [0.1, 0.15) is 11.1 Å². The molecule has 5 nitrogen and oxygen atoms in total. The van der Waals surface area contributed by atoms with E-state index >= 15 is 0 Å². The first-order chi connectivity index (χ1) is 13.0. The fourth-order valence-electron chi connectivity index (χ4n) is 2.34. The van der Waals surface area contributed by atoms with Gasteiger partial charge in [-0.2, -0.15) is 5.26 Å². The lowest BCUT2D eigenvalue weighted by Crippen LogP contribution is -2.13. The van der Waals surface area contributed by atoms with Crippen LogP contribution in [0.3, 0.4) is 0 Å². The van der Waals surface area contributed by atoms with Crippen molar-refractivity contribution in [3.05, 3.63) is 70.8 Å². The molecule has 0 aromatic heterocycles. The molecule has 0 saturated heterocycles. The predicted octanol–water partition coefficient (Wildman–Crippen LogP) is 4.77. The molecule has 2 rings (SSSR count). The lowest BCUT2D eigenvalue weighted by Gasteiger charge is -2.12. The maximum Gasteiger partial charge on any atom is 0.266 e. The van der Waals surface area contributed by atoms with Crippen LogP contribution in [-0.2, 0) is 4.79 Å². The van der Waals surface area contributed by atoms with Crippen molar-refractivity contribution in [3.8, 4) is 17.6 Å². The Labute approximate surface area is 163 Å². The van der Waals surface area contributed by atoms with Crippen molar-refractivity contribution < 1.29 is 14.3 Å². The second kappa shape index (κ2) is 9.46. The summed E-state index contributed by atoms with van der Waals surface area (Å²) in [6.07, 6.45) is 3.03. The van der Waals surface area contributed by atoms with Crippen molar-refractivity contribution in [1.82, 2.24) is 0 Å². The highest BCUT2D eigenvalue weighted by atomic mass is 35.5. The second-order valence-electron chi connectivity index (χ2n) is 5.63. The maximum absolute atomic E-state index is 12.4. The maximum atomic E-state index is 12.4. The Morgan fingerprint density at radius 2 is 2.15 bits per heavy atom. The minimum Gasteiger partial charge on any atom is -0.493 e. The fourth-order valence-corrected chi connectivity index (χ4v) is 2.62. The Morgan fingerprint density at radius 3 is 2.78 bits per heavy atom. The van der Waals surface area contributed by atoms with Crippen LogP contribution >= 0.6 is 11.6 Å². The van der Waals surface area contributed by atoms with Gasteiger partial charge in [0.1, 0.15) is 18.2 Å². The van der Waals surface area contributed by atoms with Crippen molar-refractivity contribution in [2.45, 2.75) is 6.92 Å².